The van der Waals surface area contributed by atoms with Gasteiger partial charge in [0.05, 0.1) is 18.5 Å². The van der Waals surface area contributed by atoms with E-state index in [4.69, 9.17) is 9.72 Å². The molecule has 1 aliphatic rings. The Balaban J connectivity index is 1.75. The summed E-state index contributed by atoms with van der Waals surface area (Å²) in [5.41, 5.74) is 3.69. The van der Waals surface area contributed by atoms with E-state index in [0.29, 0.717) is 29.1 Å². The van der Waals surface area contributed by atoms with Gasteiger partial charge >= 0.3 is 0 Å². The first kappa shape index (κ1) is 23.1. The van der Waals surface area contributed by atoms with Crippen molar-refractivity contribution < 1.29 is 14.5 Å². The van der Waals surface area contributed by atoms with Gasteiger partial charge in [0.1, 0.15) is 22.9 Å². The maximum Gasteiger partial charge on any atom is 0.164 e. The third-order valence-corrected chi connectivity index (χ3v) is 6.76. The molecule has 0 amide bonds. The Kier molecular flexibility index (Phi) is 7.51. The van der Waals surface area contributed by atoms with Crippen LogP contribution in [0.1, 0.15) is 36.1 Å². The van der Waals surface area contributed by atoms with Crippen molar-refractivity contribution in [3.05, 3.63) is 59.5 Å². The van der Waals surface area contributed by atoms with Gasteiger partial charge in [-0.2, -0.15) is 5.26 Å². The molecule has 7 nitrogen and oxygen atoms in total. The SMILES string of the molecule is COc1cccc2c(N3CCC(CCP(O)O)CC3)c(C#N)c(/C=C\c3cccnc3)nc12. The summed E-state index contributed by atoms with van der Waals surface area (Å²) in [6.45, 7) is 1.60. The predicted octanol–water partition coefficient (Wildman–Crippen LogP) is 4.58. The molecule has 3 aromatic rings. The van der Waals surface area contributed by atoms with Gasteiger partial charge in [0.15, 0.2) is 8.38 Å². The average molecular weight is 462 g/mol. The van der Waals surface area contributed by atoms with Gasteiger partial charge in [0.2, 0.25) is 0 Å². The topological polar surface area (TPSA) is 102 Å². The molecular formula is C25H27N4O3P. The number of nitrogens with zero attached hydrogens (tertiary/aromatic N) is 4. The van der Waals surface area contributed by atoms with E-state index < -0.39 is 8.38 Å². The lowest BCUT2D eigenvalue weighted by Gasteiger charge is -2.35. The zero-order chi connectivity index (χ0) is 23.2. The Morgan fingerprint density at radius 2 is 2.03 bits per heavy atom. The van der Waals surface area contributed by atoms with Gasteiger partial charge in [-0.05, 0) is 49.0 Å². The quantitative estimate of drug-likeness (QED) is 0.495. The van der Waals surface area contributed by atoms with E-state index in [9.17, 15) is 15.0 Å². The molecule has 1 aromatic carbocycles. The average Bonchev–Trinajstić information content (AvgIpc) is 2.85. The Morgan fingerprint density at radius 1 is 1.21 bits per heavy atom. The number of benzene rings is 1. The fourth-order valence-corrected chi connectivity index (χ4v) is 4.97. The van der Waals surface area contributed by atoms with Gasteiger partial charge < -0.3 is 19.4 Å². The fraction of sp³-hybridized carbons (Fsp3) is 0.320. The molecule has 1 aliphatic heterocycles. The number of pyridine rings is 2. The van der Waals surface area contributed by atoms with Crippen LogP contribution in [0.25, 0.3) is 23.1 Å². The summed E-state index contributed by atoms with van der Waals surface area (Å²) >= 11 is 0. The third kappa shape index (κ3) is 5.31. The van der Waals surface area contributed by atoms with Crippen LogP contribution < -0.4 is 9.64 Å². The number of aromatic nitrogens is 2. The molecule has 170 valence electrons. The van der Waals surface area contributed by atoms with Crippen molar-refractivity contribution in [1.29, 1.82) is 5.26 Å². The molecule has 2 N–H and O–H groups in total. The molecule has 0 radical (unpaired) electrons. The van der Waals surface area contributed by atoms with Crippen molar-refractivity contribution in [3.63, 3.8) is 0 Å². The lowest BCUT2D eigenvalue weighted by Crippen LogP contribution is -2.34. The minimum absolute atomic E-state index is 0.460. The highest BCUT2D eigenvalue weighted by atomic mass is 31.2. The molecule has 2 aromatic heterocycles. The molecule has 0 aliphatic carbocycles. The van der Waals surface area contributed by atoms with Crippen molar-refractivity contribution in [2.75, 3.05) is 31.3 Å². The second-order valence-electron chi connectivity index (χ2n) is 8.12. The largest absolute Gasteiger partial charge is 0.494 e. The number of rotatable bonds is 7. The summed E-state index contributed by atoms with van der Waals surface area (Å²) in [5, 5.41) is 11.1. The second kappa shape index (κ2) is 10.7. The van der Waals surface area contributed by atoms with Crippen molar-refractivity contribution in [1.82, 2.24) is 9.97 Å². The van der Waals surface area contributed by atoms with Gasteiger partial charge in [-0.25, -0.2) is 4.98 Å². The summed E-state index contributed by atoms with van der Waals surface area (Å²) in [6.07, 6.45) is 10.4. The van der Waals surface area contributed by atoms with Crippen molar-refractivity contribution in [2.45, 2.75) is 19.3 Å². The van der Waals surface area contributed by atoms with Crippen LogP contribution in [0.5, 0.6) is 5.75 Å². The maximum atomic E-state index is 10.2. The molecule has 0 atom stereocenters. The summed E-state index contributed by atoms with van der Waals surface area (Å²) in [7, 11) is -0.209. The van der Waals surface area contributed by atoms with Gasteiger partial charge in [0.25, 0.3) is 0 Å². The van der Waals surface area contributed by atoms with Crippen LogP contribution in [0.3, 0.4) is 0 Å². The number of hydrogen-bond acceptors (Lipinski definition) is 7. The van der Waals surface area contributed by atoms with E-state index in [2.05, 4.69) is 16.0 Å². The Morgan fingerprint density at radius 3 is 2.70 bits per heavy atom. The number of ether oxygens (including phenoxy) is 1. The third-order valence-electron chi connectivity index (χ3n) is 6.10. The molecule has 33 heavy (non-hydrogen) atoms. The van der Waals surface area contributed by atoms with E-state index in [0.717, 1.165) is 54.5 Å². The summed E-state index contributed by atoms with van der Waals surface area (Å²) in [5.74, 6) is 1.13. The molecule has 1 saturated heterocycles. The number of nitriles is 1. The van der Waals surface area contributed by atoms with E-state index in [1.807, 2.05) is 42.5 Å². The van der Waals surface area contributed by atoms with E-state index in [-0.39, 0.29) is 0 Å². The highest BCUT2D eigenvalue weighted by molar-refractivity contribution is 7.45. The highest BCUT2D eigenvalue weighted by Gasteiger charge is 2.25. The highest BCUT2D eigenvalue weighted by Crippen LogP contribution is 2.39. The normalized spacial score (nSPS) is 14.8. The molecule has 0 bridgehead atoms. The minimum Gasteiger partial charge on any atom is -0.494 e. The van der Waals surface area contributed by atoms with Crippen LogP contribution in [0.4, 0.5) is 5.69 Å². The van der Waals surface area contributed by atoms with Crippen LogP contribution in [0.2, 0.25) is 0 Å². The first-order chi connectivity index (χ1) is 16.1. The number of piperidine rings is 1. The Bertz CT molecular complexity index is 1170. The van der Waals surface area contributed by atoms with Crippen LogP contribution in [-0.4, -0.2) is 46.1 Å². The van der Waals surface area contributed by atoms with Crippen LogP contribution >= 0.6 is 8.38 Å². The van der Waals surface area contributed by atoms with E-state index in [1.165, 1.54) is 0 Å². The monoisotopic (exact) mass is 462 g/mol. The second-order valence-corrected chi connectivity index (χ2v) is 9.32. The van der Waals surface area contributed by atoms with Gasteiger partial charge in [-0.15, -0.1) is 0 Å². The smallest absolute Gasteiger partial charge is 0.164 e. The number of fused-ring (bicyclic) bond motifs is 1. The van der Waals surface area contributed by atoms with Gasteiger partial charge in [0, 0.05) is 37.0 Å². The number of anilines is 1. The lowest BCUT2D eigenvalue weighted by molar-refractivity contribution is 0.387. The Hall–Kier alpha value is -3.04. The molecule has 1 fully saturated rings. The van der Waals surface area contributed by atoms with Crippen LogP contribution in [-0.2, 0) is 0 Å². The molecule has 8 heteroatoms. The zero-order valence-electron chi connectivity index (χ0n) is 18.6. The lowest BCUT2D eigenvalue weighted by atomic mass is 9.93. The van der Waals surface area contributed by atoms with E-state index >= 15 is 0 Å². The van der Waals surface area contributed by atoms with Gasteiger partial charge in [-0.3, -0.25) is 4.98 Å². The van der Waals surface area contributed by atoms with Gasteiger partial charge in [-0.1, -0.05) is 24.3 Å². The predicted molar refractivity (Wildman–Crippen MR) is 132 cm³/mol. The van der Waals surface area contributed by atoms with Crippen LogP contribution in [0, 0.1) is 17.2 Å². The number of para-hydroxylation sites is 1. The molecule has 0 unspecified atom stereocenters. The summed E-state index contributed by atoms with van der Waals surface area (Å²) in [4.78, 5) is 29.7. The number of methoxy groups -OCH3 is 1. The fourth-order valence-electron chi connectivity index (χ4n) is 4.38. The number of hydrogen-bond donors (Lipinski definition) is 2. The van der Waals surface area contributed by atoms with Crippen LogP contribution in [0.15, 0.2) is 42.7 Å². The first-order valence-electron chi connectivity index (χ1n) is 11.0. The molecule has 0 saturated carbocycles. The standard InChI is InChI=1S/C25H27N4O3P/c1-32-23-6-2-5-20-24(23)28-22(8-7-19-4-3-12-27-17-19)21(16-26)25(20)29-13-9-18(10-14-29)11-15-33(30)31/h2-8,12,17-18,30-31H,9-11,13-15H2,1H3/b8-7-. The molecule has 4 rings (SSSR count). The summed E-state index contributed by atoms with van der Waals surface area (Å²) < 4.78 is 5.59. The van der Waals surface area contributed by atoms with Crippen molar-refractivity contribution >= 4 is 37.1 Å². The molecule has 3 heterocycles. The zero-order valence-corrected chi connectivity index (χ0v) is 19.4. The summed E-state index contributed by atoms with van der Waals surface area (Å²) in [6, 6.07) is 12.0. The van der Waals surface area contributed by atoms with E-state index in [1.54, 1.807) is 19.5 Å². The molecule has 0 spiro atoms. The first-order valence-corrected chi connectivity index (χ1v) is 12.4. The Labute approximate surface area is 194 Å². The van der Waals surface area contributed by atoms with Crippen molar-refractivity contribution in [2.24, 2.45) is 5.92 Å². The maximum absolute atomic E-state index is 10.2. The molecular weight excluding hydrogens is 435 g/mol. The minimum atomic E-state index is -1.84. The van der Waals surface area contributed by atoms with Crippen molar-refractivity contribution in [3.8, 4) is 11.8 Å².